The predicted octanol–water partition coefficient (Wildman–Crippen LogP) is 5.99. The average molecular weight is 290 g/mol. The van der Waals surface area contributed by atoms with E-state index in [1.165, 1.54) is 36.8 Å². The molecule has 1 heteroatoms. The smallest absolute Gasteiger partial charge is 0.0688 e. The quantitative estimate of drug-likeness (QED) is 0.525. The average Bonchev–Trinajstić information content (AvgIpc) is 2.45. The van der Waals surface area contributed by atoms with Crippen LogP contribution >= 0.6 is 0 Å². The summed E-state index contributed by atoms with van der Waals surface area (Å²) < 4.78 is 0. The Balaban J connectivity index is 2.66. The summed E-state index contributed by atoms with van der Waals surface area (Å²) in [6.45, 7) is 8.60. The zero-order chi connectivity index (χ0) is 15.7. The van der Waals surface area contributed by atoms with E-state index in [4.69, 9.17) is 0 Å². The maximum Gasteiger partial charge on any atom is 0.0688 e. The number of aryl methyl sites for hydroxylation is 1. The molecule has 0 aromatic heterocycles. The molecular formula is C20H34O. The zero-order valence-corrected chi connectivity index (χ0v) is 14.5. The summed E-state index contributed by atoms with van der Waals surface area (Å²) in [6.07, 6.45) is 9.37. The highest BCUT2D eigenvalue weighted by Crippen LogP contribution is 2.36. The molecule has 21 heavy (non-hydrogen) atoms. The van der Waals surface area contributed by atoms with Gasteiger partial charge in [-0.15, -0.1) is 0 Å². The first kappa shape index (κ1) is 18.2. The van der Waals surface area contributed by atoms with Gasteiger partial charge in [-0.25, -0.2) is 0 Å². The Hall–Kier alpha value is -0.820. The molecule has 0 aliphatic carbocycles. The van der Waals surface area contributed by atoms with Crippen molar-refractivity contribution in [1.82, 2.24) is 0 Å². The van der Waals surface area contributed by atoms with Gasteiger partial charge in [0.2, 0.25) is 0 Å². The molecule has 0 amide bonds. The summed E-state index contributed by atoms with van der Waals surface area (Å²) in [6, 6.07) is 8.72. The lowest BCUT2D eigenvalue weighted by Gasteiger charge is -2.33. The van der Waals surface area contributed by atoms with E-state index in [0.717, 1.165) is 25.7 Å². The molecule has 0 spiro atoms. The molecule has 2 unspecified atom stereocenters. The molecule has 0 bridgehead atoms. The Morgan fingerprint density at radius 3 is 2.14 bits per heavy atom. The number of benzene rings is 1. The Morgan fingerprint density at radius 1 is 0.952 bits per heavy atom. The molecule has 1 aromatic carbocycles. The fourth-order valence-corrected chi connectivity index (χ4v) is 3.18. The number of hydrogen-bond donors (Lipinski definition) is 1. The van der Waals surface area contributed by atoms with Gasteiger partial charge in [0.15, 0.2) is 0 Å². The fraction of sp³-hybridized carbons (Fsp3) is 0.700. The van der Waals surface area contributed by atoms with Crippen molar-refractivity contribution in [2.24, 2.45) is 0 Å². The largest absolute Gasteiger partial charge is 0.390 e. The van der Waals surface area contributed by atoms with E-state index >= 15 is 0 Å². The van der Waals surface area contributed by atoms with Crippen LogP contribution in [0, 0.1) is 6.92 Å². The molecule has 120 valence electrons. The van der Waals surface area contributed by atoms with Crippen molar-refractivity contribution in [3.63, 3.8) is 0 Å². The van der Waals surface area contributed by atoms with E-state index in [2.05, 4.69) is 45.0 Å². The van der Waals surface area contributed by atoms with Crippen LogP contribution in [0.3, 0.4) is 0 Å². The third kappa shape index (κ3) is 6.22. The molecule has 2 atom stereocenters. The van der Waals surface area contributed by atoms with Crippen molar-refractivity contribution in [2.75, 3.05) is 0 Å². The highest BCUT2D eigenvalue weighted by molar-refractivity contribution is 5.26. The van der Waals surface area contributed by atoms with Crippen LogP contribution < -0.4 is 0 Å². The second kappa shape index (κ2) is 9.25. The number of rotatable bonds is 10. The van der Waals surface area contributed by atoms with E-state index in [0.29, 0.717) is 0 Å². The highest BCUT2D eigenvalue weighted by atomic mass is 16.3. The van der Waals surface area contributed by atoms with Crippen LogP contribution in [0.1, 0.15) is 89.2 Å². The molecule has 0 radical (unpaired) electrons. The Morgan fingerprint density at radius 2 is 1.57 bits per heavy atom. The summed E-state index contributed by atoms with van der Waals surface area (Å²) in [5.41, 5.74) is 1.99. The van der Waals surface area contributed by atoms with E-state index < -0.39 is 5.60 Å². The molecule has 1 nitrogen and oxygen atoms in total. The first-order valence-electron chi connectivity index (χ1n) is 8.80. The molecule has 0 saturated heterocycles. The van der Waals surface area contributed by atoms with Crippen molar-refractivity contribution in [3.8, 4) is 0 Å². The molecule has 0 saturated carbocycles. The van der Waals surface area contributed by atoms with Gasteiger partial charge < -0.3 is 5.11 Å². The third-order valence-corrected chi connectivity index (χ3v) is 4.59. The topological polar surface area (TPSA) is 20.2 Å². The van der Waals surface area contributed by atoms with Crippen LogP contribution in [0.25, 0.3) is 0 Å². The van der Waals surface area contributed by atoms with Crippen LogP contribution in [-0.2, 0) is 0 Å². The second-order valence-corrected chi connectivity index (χ2v) is 6.77. The SMILES string of the molecule is CCCCCCCC(C)(O)C(CCC)c1ccc(C)cc1. The molecule has 0 fully saturated rings. The second-order valence-electron chi connectivity index (χ2n) is 6.77. The molecule has 0 aliphatic heterocycles. The number of unbranched alkanes of at least 4 members (excludes halogenated alkanes) is 4. The monoisotopic (exact) mass is 290 g/mol. The normalized spacial score (nSPS) is 15.7. The lowest BCUT2D eigenvalue weighted by atomic mass is 9.77. The van der Waals surface area contributed by atoms with Gasteiger partial charge in [-0.3, -0.25) is 0 Å². The van der Waals surface area contributed by atoms with Crippen LogP contribution in [0.5, 0.6) is 0 Å². The van der Waals surface area contributed by atoms with Crippen molar-refractivity contribution in [1.29, 1.82) is 0 Å². The van der Waals surface area contributed by atoms with E-state index in [-0.39, 0.29) is 5.92 Å². The fourth-order valence-electron chi connectivity index (χ4n) is 3.18. The molecule has 1 aromatic rings. The summed E-state index contributed by atoms with van der Waals surface area (Å²) in [5.74, 6) is 0.259. The van der Waals surface area contributed by atoms with E-state index in [1.54, 1.807) is 0 Å². The molecule has 0 aliphatic rings. The Kier molecular flexibility index (Phi) is 8.03. The number of hydrogen-bond acceptors (Lipinski definition) is 1. The van der Waals surface area contributed by atoms with E-state index in [9.17, 15) is 5.11 Å². The minimum Gasteiger partial charge on any atom is -0.390 e. The molecule has 1 rings (SSSR count). The zero-order valence-electron chi connectivity index (χ0n) is 14.5. The molecule has 0 heterocycles. The predicted molar refractivity (Wildman–Crippen MR) is 92.8 cm³/mol. The van der Waals surface area contributed by atoms with Gasteiger partial charge in [0, 0.05) is 5.92 Å². The van der Waals surface area contributed by atoms with Crippen molar-refractivity contribution < 1.29 is 5.11 Å². The van der Waals surface area contributed by atoms with Crippen LogP contribution in [0.2, 0.25) is 0 Å². The summed E-state index contributed by atoms with van der Waals surface area (Å²) in [7, 11) is 0. The van der Waals surface area contributed by atoms with E-state index in [1.807, 2.05) is 6.92 Å². The summed E-state index contributed by atoms with van der Waals surface area (Å²) in [5, 5.41) is 11.0. The van der Waals surface area contributed by atoms with Crippen molar-refractivity contribution >= 4 is 0 Å². The minimum absolute atomic E-state index is 0.259. The van der Waals surface area contributed by atoms with Crippen molar-refractivity contribution in [3.05, 3.63) is 35.4 Å². The van der Waals surface area contributed by atoms with Crippen LogP contribution in [0.15, 0.2) is 24.3 Å². The lowest BCUT2D eigenvalue weighted by Crippen LogP contribution is -2.33. The summed E-state index contributed by atoms with van der Waals surface area (Å²) >= 11 is 0. The first-order valence-corrected chi connectivity index (χ1v) is 8.80. The van der Waals surface area contributed by atoms with Gasteiger partial charge >= 0.3 is 0 Å². The lowest BCUT2D eigenvalue weighted by molar-refractivity contribution is 0.0162. The maximum absolute atomic E-state index is 11.0. The maximum atomic E-state index is 11.0. The van der Waals surface area contributed by atoms with Gasteiger partial charge in [0.25, 0.3) is 0 Å². The first-order chi connectivity index (χ1) is 10.0. The van der Waals surface area contributed by atoms with Gasteiger partial charge in [0.05, 0.1) is 5.60 Å². The highest BCUT2D eigenvalue weighted by Gasteiger charge is 2.31. The van der Waals surface area contributed by atoms with Gasteiger partial charge in [0.1, 0.15) is 0 Å². The molecule has 1 N–H and O–H groups in total. The molecular weight excluding hydrogens is 256 g/mol. The summed E-state index contributed by atoms with van der Waals surface area (Å²) in [4.78, 5) is 0. The van der Waals surface area contributed by atoms with Gasteiger partial charge in [-0.2, -0.15) is 0 Å². The number of aliphatic hydroxyl groups is 1. The van der Waals surface area contributed by atoms with Gasteiger partial charge in [-0.05, 0) is 32.3 Å². The van der Waals surface area contributed by atoms with Gasteiger partial charge in [-0.1, -0.05) is 82.2 Å². The Bertz CT molecular complexity index is 377. The van der Waals surface area contributed by atoms with Crippen LogP contribution in [0.4, 0.5) is 0 Å². The standard InChI is InChI=1S/C20H34O/c1-5-7-8-9-10-16-20(4,21)19(11-6-2)18-14-12-17(3)13-15-18/h12-15,19,21H,5-11,16H2,1-4H3. The van der Waals surface area contributed by atoms with Crippen molar-refractivity contribution in [2.45, 2.75) is 90.6 Å². The minimum atomic E-state index is -0.586. The van der Waals surface area contributed by atoms with Crippen LogP contribution in [-0.4, -0.2) is 10.7 Å². The third-order valence-electron chi connectivity index (χ3n) is 4.59. The Labute approximate surface area is 131 Å².